The summed E-state index contributed by atoms with van der Waals surface area (Å²) in [6.45, 7) is -0.0832. The number of ether oxygens (including phenoxy) is 3. The van der Waals surface area contributed by atoms with Gasteiger partial charge >= 0.3 is 6.18 Å². The average Bonchev–Trinajstić information content (AvgIpc) is 2.37. The molecule has 0 bridgehead atoms. The lowest BCUT2D eigenvalue weighted by atomic mass is 10.1. The fraction of sp³-hybridized carbons (Fsp3) is 0.583. The first-order valence-corrected chi connectivity index (χ1v) is 5.92. The normalized spacial score (nSPS) is 17.2. The predicted molar refractivity (Wildman–Crippen MR) is 60.3 cm³/mol. The smallest absolute Gasteiger partial charge is 0.422 e. The number of alkyl halides is 3. The van der Waals surface area contributed by atoms with Crippen LogP contribution in [0, 0.1) is 0 Å². The summed E-state index contributed by atoms with van der Waals surface area (Å²) in [5.74, 6) is 0.452. The first kappa shape index (κ1) is 13.9. The molecule has 106 valence electrons. The van der Waals surface area contributed by atoms with Gasteiger partial charge in [0, 0.05) is 18.9 Å². The highest BCUT2D eigenvalue weighted by Crippen LogP contribution is 2.23. The van der Waals surface area contributed by atoms with Crippen molar-refractivity contribution in [2.75, 3.05) is 19.8 Å². The van der Waals surface area contributed by atoms with Gasteiger partial charge in [-0.25, -0.2) is 0 Å². The van der Waals surface area contributed by atoms with Crippen LogP contribution in [0.2, 0.25) is 0 Å². The molecule has 2 heterocycles. The minimum absolute atomic E-state index is 0.00779. The van der Waals surface area contributed by atoms with E-state index < -0.39 is 12.8 Å². The molecule has 0 radical (unpaired) electrons. The Hall–Kier alpha value is -1.50. The first-order valence-electron chi connectivity index (χ1n) is 5.92. The monoisotopic (exact) mass is 277 g/mol. The van der Waals surface area contributed by atoms with E-state index in [2.05, 4.69) is 9.72 Å². The summed E-state index contributed by atoms with van der Waals surface area (Å²) in [5, 5.41) is 0. The largest absolute Gasteiger partial charge is 0.488 e. The van der Waals surface area contributed by atoms with Gasteiger partial charge in [-0.3, -0.25) is 4.98 Å². The fourth-order valence-electron chi connectivity index (χ4n) is 1.69. The Morgan fingerprint density at radius 2 is 1.89 bits per heavy atom. The van der Waals surface area contributed by atoms with Crippen molar-refractivity contribution in [2.45, 2.75) is 25.1 Å². The van der Waals surface area contributed by atoms with Crippen LogP contribution in [0.25, 0.3) is 0 Å². The van der Waals surface area contributed by atoms with Gasteiger partial charge in [-0.05, 0) is 0 Å². The Bertz CT molecular complexity index is 405. The van der Waals surface area contributed by atoms with Crippen molar-refractivity contribution in [1.29, 1.82) is 0 Å². The van der Waals surface area contributed by atoms with E-state index in [-0.39, 0.29) is 11.9 Å². The Morgan fingerprint density at radius 1 is 1.21 bits per heavy atom. The van der Waals surface area contributed by atoms with Crippen molar-refractivity contribution in [3.63, 3.8) is 0 Å². The predicted octanol–water partition coefficient (Wildman–Crippen LogP) is 2.58. The third-order valence-corrected chi connectivity index (χ3v) is 2.56. The highest BCUT2D eigenvalue weighted by molar-refractivity contribution is 5.28. The molecule has 19 heavy (non-hydrogen) atoms. The molecule has 1 saturated heterocycles. The van der Waals surface area contributed by atoms with Crippen LogP contribution in [0.1, 0.15) is 12.8 Å². The summed E-state index contributed by atoms with van der Waals surface area (Å²) in [4.78, 5) is 3.80. The quantitative estimate of drug-likeness (QED) is 0.848. The summed E-state index contributed by atoms with van der Waals surface area (Å²) in [6.07, 6.45) is -0.162. The molecule has 0 amide bonds. The summed E-state index contributed by atoms with van der Waals surface area (Å²) < 4.78 is 51.5. The number of pyridine rings is 1. The van der Waals surface area contributed by atoms with Gasteiger partial charge < -0.3 is 14.2 Å². The summed E-state index contributed by atoms with van der Waals surface area (Å²) in [6, 6.07) is 1.41. The lowest BCUT2D eigenvalue weighted by Crippen LogP contribution is -2.26. The third-order valence-electron chi connectivity index (χ3n) is 2.56. The molecule has 1 aromatic heterocycles. The SMILES string of the molecule is FC(F)(F)COc1cncc(OC2CCOCC2)c1. The second kappa shape index (κ2) is 6.10. The van der Waals surface area contributed by atoms with Gasteiger partial charge in [0.15, 0.2) is 6.61 Å². The second-order valence-electron chi connectivity index (χ2n) is 4.19. The van der Waals surface area contributed by atoms with Crippen LogP contribution in [0.5, 0.6) is 11.5 Å². The van der Waals surface area contributed by atoms with E-state index in [1.165, 1.54) is 18.5 Å². The number of halogens is 3. The van der Waals surface area contributed by atoms with Gasteiger partial charge in [-0.15, -0.1) is 0 Å². The van der Waals surface area contributed by atoms with Gasteiger partial charge in [0.2, 0.25) is 0 Å². The van der Waals surface area contributed by atoms with Crippen LogP contribution in [0.3, 0.4) is 0 Å². The number of rotatable bonds is 4. The average molecular weight is 277 g/mol. The maximum atomic E-state index is 12.0. The molecule has 0 aromatic carbocycles. The number of hydrogen-bond acceptors (Lipinski definition) is 4. The molecule has 0 spiro atoms. The van der Waals surface area contributed by atoms with E-state index in [4.69, 9.17) is 9.47 Å². The van der Waals surface area contributed by atoms with E-state index in [0.29, 0.717) is 19.0 Å². The van der Waals surface area contributed by atoms with Gasteiger partial charge in [0.05, 0.1) is 25.6 Å². The maximum absolute atomic E-state index is 12.0. The van der Waals surface area contributed by atoms with Crippen LogP contribution in [-0.2, 0) is 4.74 Å². The highest BCUT2D eigenvalue weighted by Gasteiger charge is 2.28. The third kappa shape index (κ3) is 4.94. The summed E-state index contributed by atoms with van der Waals surface area (Å²) in [7, 11) is 0. The number of nitrogens with zero attached hydrogens (tertiary/aromatic N) is 1. The summed E-state index contributed by atoms with van der Waals surface area (Å²) >= 11 is 0. The molecule has 2 rings (SSSR count). The fourth-order valence-corrected chi connectivity index (χ4v) is 1.69. The number of hydrogen-bond donors (Lipinski definition) is 0. The van der Waals surface area contributed by atoms with Crippen LogP contribution in [0.4, 0.5) is 13.2 Å². The van der Waals surface area contributed by atoms with Gasteiger partial charge in [-0.2, -0.15) is 13.2 Å². The van der Waals surface area contributed by atoms with Crippen molar-refractivity contribution >= 4 is 0 Å². The molecule has 7 heteroatoms. The molecule has 0 unspecified atom stereocenters. The maximum Gasteiger partial charge on any atom is 0.422 e. The molecule has 0 aliphatic carbocycles. The van der Waals surface area contributed by atoms with Crippen LogP contribution in [-0.4, -0.2) is 37.1 Å². The molecule has 4 nitrogen and oxygen atoms in total. The minimum atomic E-state index is -4.36. The van der Waals surface area contributed by atoms with E-state index >= 15 is 0 Å². The highest BCUT2D eigenvalue weighted by atomic mass is 19.4. The van der Waals surface area contributed by atoms with Crippen molar-refractivity contribution in [1.82, 2.24) is 4.98 Å². The Balaban J connectivity index is 1.90. The van der Waals surface area contributed by atoms with Crippen molar-refractivity contribution in [3.8, 4) is 11.5 Å². The zero-order chi connectivity index (χ0) is 13.7. The Kier molecular flexibility index (Phi) is 4.47. The zero-order valence-electron chi connectivity index (χ0n) is 10.2. The molecule has 1 aliphatic heterocycles. The van der Waals surface area contributed by atoms with Gasteiger partial charge in [-0.1, -0.05) is 0 Å². The summed E-state index contributed by atoms with van der Waals surface area (Å²) in [5.41, 5.74) is 0. The second-order valence-corrected chi connectivity index (χ2v) is 4.19. The molecular formula is C12H14F3NO3. The Labute approximate surface area is 108 Å². The van der Waals surface area contributed by atoms with E-state index in [0.717, 1.165) is 12.8 Å². The molecule has 0 saturated carbocycles. The van der Waals surface area contributed by atoms with E-state index in [1.54, 1.807) is 0 Å². The van der Waals surface area contributed by atoms with Crippen molar-refractivity contribution < 1.29 is 27.4 Å². The minimum Gasteiger partial charge on any atom is -0.488 e. The number of aromatic nitrogens is 1. The molecule has 1 aliphatic rings. The Morgan fingerprint density at radius 3 is 2.58 bits per heavy atom. The molecule has 0 N–H and O–H groups in total. The molecular weight excluding hydrogens is 263 g/mol. The molecule has 1 aromatic rings. The lowest BCUT2D eigenvalue weighted by molar-refractivity contribution is -0.153. The topological polar surface area (TPSA) is 40.6 Å². The first-order chi connectivity index (χ1) is 9.03. The van der Waals surface area contributed by atoms with Gasteiger partial charge in [0.1, 0.15) is 17.6 Å². The van der Waals surface area contributed by atoms with Crippen molar-refractivity contribution in [3.05, 3.63) is 18.5 Å². The van der Waals surface area contributed by atoms with Gasteiger partial charge in [0.25, 0.3) is 0 Å². The van der Waals surface area contributed by atoms with Crippen LogP contribution >= 0.6 is 0 Å². The van der Waals surface area contributed by atoms with Crippen LogP contribution < -0.4 is 9.47 Å². The lowest BCUT2D eigenvalue weighted by Gasteiger charge is -2.23. The van der Waals surface area contributed by atoms with Crippen LogP contribution in [0.15, 0.2) is 18.5 Å². The standard InChI is InChI=1S/C12H14F3NO3/c13-12(14,15)8-18-10-5-11(7-16-6-10)19-9-1-3-17-4-2-9/h5-7,9H,1-4,8H2. The zero-order valence-corrected chi connectivity index (χ0v) is 10.2. The molecule has 0 atom stereocenters. The van der Waals surface area contributed by atoms with E-state index in [9.17, 15) is 13.2 Å². The van der Waals surface area contributed by atoms with Crippen molar-refractivity contribution in [2.24, 2.45) is 0 Å². The molecule has 1 fully saturated rings. The van der Waals surface area contributed by atoms with E-state index in [1.807, 2.05) is 0 Å².